The maximum atomic E-state index is 13.3. The maximum Gasteiger partial charge on any atom is 0.241 e. The van der Waals surface area contributed by atoms with Crippen LogP contribution < -0.4 is 14.2 Å². The third kappa shape index (κ3) is 5.45. The molecule has 0 aromatic heterocycles. The highest BCUT2D eigenvalue weighted by Gasteiger charge is 2.13. The first-order valence-corrected chi connectivity index (χ1v) is 8.58. The first-order valence-electron chi connectivity index (χ1n) is 7.09. The lowest BCUT2D eigenvalue weighted by Crippen LogP contribution is -2.24. The van der Waals surface area contributed by atoms with E-state index in [9.17, 15) is 17.2 Å². The molecule has 2 aromatic carbocycles. The van der Waals surface area contributed by atoms with E-state index in [0.29, 0.717) is 11.8 Å². The largest absolute Gasteiger partial charge is 0.497 e. The van der Waals surface area contributed by atoms with E-state index in [1.165, 1.54) is 19.2 Å². The van der Waals surface area contributed by atoms with Crippen molar-refractivity contribution in [3.8, 4) is 23.3 Å². The Labute approximate surface area is 144 Å². The second-order valence-corrected chi connectivity index (χ2v) is 6.49. The number of rotatable bonds is 6. The van der Waals surface area contributed by atoms with E-state index < -0.39 is 21.7 Å². The van der Waals surface area contributed by atoms with Gasteiger partial charge in [-0.15, -0.1) is 0 Å². The molecule has 0 radical (unpaired) electrons. The van der Waals surface area contributed by atoms with Gasteiger partial charge in [-0.1, -0.05) is 17.9 Å². The number of benzene rings is 2. The molecule has 0 aliphatic rings. The molecular formula is C17H15F2NO4S. The quantitative estimate of drug-likeness (QED) is 0.796. The van der Waals surface area contributed by atoms with Crippen LogP contribution in [0.3, 0.4) is 0 Å². The van der Waals surface area contributed by atoms with Crippen LogP contribution in [-0.4, -0.2) is 28.7 Å². The van der Waals surface area contributed by atoms with Crippen molar-refractivity contribution in [2.45, 2.75) is 4.90 Å². The summed E-state index contributed by atoms with van der Waals surface area (Å²) in [6.45, 7) is -0.307. The van der Waals surface area contributed by atoms with Gasteiger partial charge in [0.2, 0.25) is 10.0 Å². The number of halogens is 2. The van der Waals surface area contributed by atoms with Gasteiger partial charge in [-0.2, -0.15) is 4.72 Å². The van der Waals surface area contributed by atoms with E-state index in [2.05, 4.69) is 16.6 Å². The van der Waals surface area contributed by atoms with Gasteiger partial charge in [-0.05, 0) is 24.3 Å². The monoisotopic (exact) mass is 367 g/mol. The molecule has 0 fully saturated rings. The molecule has 1 N–H and O–H groups in total. The molecule has 5 nitrogen and oxygen atoms in total. The van der Waals surface area contributed by atoms with E-state index >= 15 is 0 Å². The first kappa shape index (κ1) is 18.7. The number of hydrogen-bond acceptors (Lipinski definition) is 4. The highest BCUT2D eigenvalue weighted by Crippen LogP contribution is 2.17. The summed E-state index contributed by atoms with van der Waals surface area (Å²) in [6, 6.07) is 8.92. The molecular weight excluding hydrogens is 352 g/mol. The molecule has 0 aliphatic carbocycles. The van der Waals surface area contributed by atoms with Crippen LogP contribution >= 0.6 is 0 Å². The lowest BCUT2D eigenvalue weighted by molar-refractivity contribution is 0.346. The van der Waals surface area contributed by atoms with Crippen molar-refractivity contribution in [2.24, 2.45) is 0 Å². The number of ether oxygens (including phenoxy) is 2. The van der Waals surface area contributed by atoms with E-state index in [0.717, 1.165) is 12.1 Å². The Bertz CT molecular complexity index is 904. The SMILES string of the molecule is COc1cccc(S(=O)(=O)NCC#CCOc2ccc(F)cc2F)c1. The van der Waals surface area contributed by atoms with Crippen molar-refractivity contribution < 1.29 is 26.7 Å². The molecule has 0 heterocycles. The fourth-order valence-electron chi connectivity index (χ4n) is 1.80. The van der Waals surface area contributed by atoms with E-state index in [1.807, 2.05) is 0 Å². The highest BCUT2D eigenvalue weighted by molar-refractivity contribution is 7.89. The Morgan fingerprint density at radius 3 is 2.64 bits per heavy atom. The van der Waals surface area contributed by atoms with Gasteiger partial charge < -0.3 is 9.47 Å². The number of nitrogens with one attached hydrogen (secondary N) is 1. The molecule has 0 bridgehead atoms. The second-order valence-electron chi connectivity index (χ2n) is 4.72. The molecule has 0 unspecified atom stereocenters. The normalized spacial score (nSPS) is 10.7. The van der Waals surface area contributed by atoms with Crippen LogP contribution in [0.4, 0.5) is 8.78 Å². The minimum absolute atomic E-state index is 0.0540. The zero-order valence-corrected chi connectivity index (χ0v) is 14.1. The molecule has 8 heteroatoms. The Hall–Kier alpha value is -2.63. The van der Waals surface area contributed by atoms with Gasteiger partial charge in [-0.25, -0.2) is 17.2 Å². The Morgan fingerprint density at radius 1 is 1.12 bits per heavy atom. The predicted octanol–water partition coefficient (Wildman–Crippen LogP) is 2.33. The van der Waals surface area contributed by atoms with Crippen LogP contribution in [0.2, 0.25) is 0 Å². The van der Waals surface area contributed by atoms with Crippen molar-refractivity contribution in [1.29, 1.82) is 0 Å². The number of methoxy groups -OCH3 is 1. The molecule has 0 atom stereocenters. The Kier molecular flexibility index (Phi) is 6.33. The van der Waals surface area contributed by atoms with Crippen LogP contribution in [0.25, 0.3) is 0 Å². The molecule has 0 saturated carbocycles. The standard InChI is InChI=1S/C17H15F2NO4S/c1-23-14-5-4-6-15(12-14)25(21,22)20-9-2-3-10-24-17-8-7-13(18)11-16(17)19/h4-8,11-12,20H,9-10H2,1H3. The highest BCUT2D eigenvalue weighted by atomic mass is 32.2. The lowest BCUT2D eigenvalue weighted by Gasteiger charge is -2.06. The molecule has 0 saturated heterocycles. The second kappa shape index (κ2) is 8.46. The minimum atomic E-state index is -3.72. The van der Waals surface area contributed by atoms with Crippen LogP contribution in [0.1, 0.15) is 0 Å². The van der Waals surface area contributed by atoms with Crippen LogP contribution in [-0.2, 0) is 10.0 Å². The summed E-state index contributed by atoms with van der Waals surface area (Å²) in [7, 11) is -2.28. The summed E-state index contributed by atoms with van der Waals surface area (Å²) >= 11 is 0. The average molecular weight is 367 g/mol. The summed E-state index contributed by atoms with van der Waals surface area (Å²) in [5.74, 6) is 3.84. The van der Waals surface area contributed by atoms with Crippen molar-refractivity contribution >= 4 is 10.0 Å². The third-order valence-electron chi connectivity index (χ3n) is 3.02. The first-order chi connectivity index (χ1) is 11.9. The Balaban J connectivity index is 1.87. The summed E-state index contributed by atoms with van der Waals surface area (Å²) in [4.78, 5) is 0.0540. The summed E-state index contributed by atoms with van der Waals surface area (Å²) in [5.41, 5.74) is 0. The fraction of sp³-hybridized carbons (Fsp3) is 0.176. The Morgan fingerprint density at radius 2 is 1.92 bits per heavy atom. The summed E-state index contributed by atoms with van der Waals surface area (Å²) in [5, 5.41) is 0. The molecule has 2 aromatic rings. The zero-order valence-electron chi connectivity index (χ0n) is 13.3. The minimum Gasteiger partial charge on any atom is -0.497 e. The van der Waals surface area contributed by atoms with Gasteiger partial charge in [0.15, 0.2) is 11.6 Å². The van der Waals surface area contributed by atoms with Gasteiger partial charge >= 0.3 is 0 Å². The van der Waals surface area contributed by atoms with E-state index in [-0.39, 0.29) is 23.8 Å². The van der Waals surface area contributed by atoms with Crippen molar-refractivity contribution in [2.75, 3.05) is 20.3 Å². The topological polar surface area (TPSA) is 64.6 Å². The number of sulfonamides is 1. The van der Waals surface area contributed by atoms with Crippen molar-refractivity contribution in [3.63, 3.8) is 0 Å². The van der Waals surface area contributed by atoms with Crippen LogP contribution in [0.5, 0.6) is 11.5 Å². The zero-order chi connectivity index (χ0) is 18.3. The molecule has 2 rings (SSSR count). The molecule has 25 heavy (non-hydrogen) atoms. The molecule has 0 aliphatic heterocycles. The molecule has 0 amide bonds. The van der Waals surface area contributed by atoms with Gasteiger partial charge in [0, 0.05) is 12.1 Å². The number of hydrogen-bond donors (Lipinski definition) is 1. The van der Waals surface area contributed by atoms with E-state index in [1.54, 1.807) is 12.1 Å². The average Bonchev–Trinajstić information content (AvgIpc) is 2.59. The lowest BCUT2D eigenvalue weighted by atomic mass is 10.3. The van der Waals surface area contributed by atoms with Crippen molar-refractivity contribution in [1.82, 2.24) is 4.72 Å². The summed E-state index contributed by atoms with van der Waals surface area (Å²) < 4.78 is 62.5. The third-order valence-corrected chi connectivity index (χ3v) is 4.42. The van der Waals surface area contributed by atoms with E-state index in [4.69, 9.17) is 9.47 Å². The van der Waals surface area contributed by atoms with Crippen LogP contribution in [0.15, 0.2) is 47.4 Å². The van der Waals surface area contributed by atoms with Gasteiger partial charge in [0.05, 0.1) is 18.6 Å². The molecule has 0 spiro atoms. The predicted molar refractivity (Wildman–Crippen MR) is 87.8 cm³/mol. The smallest absolute Gasteiger partial charge is 0.241 e. The van der Waals surface area contributed by atoms with Gasteiger partial charge in [0.25, 0.3) is 0 Å². The van der Waals surface area contributed by atoms with Gasteiger partial charge in [-0.3, -0.25) is 0 Å². The maximum absolute atomic E-state index is 13.3. The fourth-order valence-corrected chi connectivity index (χ4v) is 2.76. The van der Waals surface area contributed by atoms with Gasteiger partial charge in [0.1, 0.15) is 18.2 Å². The summed E-state index contributed by atoms with van der Waals surface area (Å²) in [6.07, 6.45) is 0. The van der Waals surface area contributed by atoms with Crippen molar-refractivity contribution in [3.05, 3.63) is 54.1 Å². The molecule has 132 valence electrons. The van der Waals surface area contributed by atoms with Crippen LogP contribution in [0, 0.1) is 23.5 Å².